The molecule has 1 atom stereocenters. The minimum absolute atomic E-state index is 0.189. The van der Waals surface area contributed by atoms with Gasteiger partial charge in [0, 0.05) is 16.1 Å². The minimum atomic E-state index is 0.189. The molecule has 2 nitrogen and oxygen atoms in total. The molecule has 0 aliphatic carbocycles. The molecular weight excluding hydrogens is 254 g/mol. The van der Waals surface area contributed by atoms with E-state index in [-0.39, 0.29) is 6.04 Å². The Kier molecular flexibility index (Phi) is 5.12. The summed E-state index contributed by atoms with van der Waals surface area (Å²) in [5, 5.41) is 13.1. The van der Waals surface area contributed by atoms with Crippen molar-refractivity contribution in [2.24, 2.45) is 0 Å². The summed E-state index contributed by atoms with van der Waals surface area (Å²) < 4.78 is 0.999. The molecule has 0 saturated carbocycles. The first-order valence-corrected chi connectivity index (χ1v) is 6.16. The standard InChI is InChI=1S/C12H18BrNO/c1-3-4-7-14-9(2)11-8-10(13)5-6-12(11)15/h5-6,8-9,14-15H,3-4,7H2,1-2H3. The van der Waals surface area contributed by atoms with E-state index in [1.54, 1.807) is 6.07 Å². The Balaban J connectivity index is 2.64. The van der Waals surface area contributed by atoms with Crippen molar-refractivity contribution in [3.8, 4) is 5.75 Å². The first-order chi connectivity index (χ1) is 7.15. The fourth-order valence-electron chi connectivity index (χ4n) is 1.48. The Bertz CT molecular complexity index is 314. The molecule has 0 radical (unpaired) electrons. The molecule has 84 valence electrons. The lowest BCUT2D eigenvalue weighted by Gasteiger charge is -2.15. The number of hydrogen-bond acceptors (Lipinski definition) is 2. The maximum absolute atomic E-state index is 9.70. The first-order valence-electron chi connectivity index (χ1n) is 5.37. The molecule has 0 aliphatic heterocycles. The van der Waals surface area contributed by atoms with Crippen LogP contribution in [0.1, 0.15) is 38.3 Å². The molecule has 1 unspecified atom stereocenters. The van der Waals surface area contributed by atoms with Gasteiger partial charge in [-0.2, -0.15) is 0 Å². The Labute approximate surface area is 99.8 Å². The second-order valence-electron chi connectivity index (χ2n) is 3.73. The molecule has 0 heterocycles. The lowest BCUT2D eigenvalue weighted by Crippen LogP contribution is -2.19. The van der Waals surface area contributed by atoms with Gasteiger partial charge in [0.25, 0.3) is 0 Å². The fraction of sp³-hybridized carbons (Fsp3) is 0.500. The highest BCUT2D eigenvalue weighted by Gasteiger charge is 2.09. The normalized spacial score (nSPS) is 12.7. The second kappa shape index (κ2) is 6.13. The molecular formula is C12H18BrNO. The van der Waals surface area contributed by atoms with Crippen molar-refractivity contribution in [2.45, 2.75) is 32.7 Å². The minimum Gasteiger partial charge on any atom is -0.508 e. The maximum Gasteiger partial charge on any atom is 0.120 e. The number of benzene rings is 1. The summed E-state index contributed by atoms with van der Waals surface area (Å²) in [5.74, 6) is 0.356. The Morgan fingerprint density at radius 1 is 1.47 bits per heavy atom. The maximum atomic E-state index is 9.70. The average molecular weight is 272 g/mol. The molecule has 0 spiro atoms. The smallest absolute Gasteiger partial charge is 0.120 e. The van der Waals surface area contributed by atoms with Crippen LogP contribution in [0, 0.1) is 0 Å². The third-order valence-electron chi connectivity index (χ3n) is 2.44. The molecule has 0 fully saturated rings. The van der Waals surface area contributed by atoms with Crippen LogP contribution in [0.25, 0.3) is 0 Å². The number of unbranched alkanes of at least 4 members (excludes halogenated alkanes) is 1. The van der Waals surface area contributed by atoms with E-state index < -0.39 is 0 Å². The van der Waals surface area contributed by atoms with E-state index in [4.69, 9.17) is 0 Å². The third kappa shape index (κ3) is 3.84. The van der Waals surface area contributed by atoms with Crippen molar-refractivity contribution in [2.75, 3.05) is 6.54 Å². The monoisotopic (exact) mass is 271 g/mol. The molecule has 2 N–H and O–H groups in total. The van der Waals surface area contributed by atoms with Gasteiger partial charge in [0.2, 0.25) is 0 Å². The van der Waals surface area contributed by atoms with Crippen LogP contribution < -0.4 is 5.32 Å². The van der Waals surface area contributed by atoms with Crippen LogP contribution in [0.2, 0.25) is 0 Å². The van der Waals surface area contributed by atoms with E-state index in [1.165, 1.54) is 12.8 Å². The zero-order valence-electron chi connectivity index (χ0n) is 9.26. The van der Waals surface area contributed by atoms with E-state index in [0.717, 1.165) is 16.6 Å². The SMILES string of the molecule is CCCCNC(C)c1cc(Br)ccc1O. The third-order valence-corrected chi connectivity index (χ3v) is 2.93. The van der Waals surface area contributed by atoms with Crippen molar-refractivity contribution in [3.63, 3.8) is 0 Å². The van der Waals surface area contributed by atoms with Crippen LogP contribution in [-0.4, -0.2) is 11.7 Å². The average Bonchev–Trinajstić information content (AvgIpc) is 2.22. The number of aromatic hydroxyl groups is 1. The largest absolute Gasteiger partial charge is 0.508 e. The highest BCUT2D eigenvalue weighted by atomic mass is 79.9. The van der Waals surface area contributed by atoms with Gasteiger partial charge < -0.3 is 10.4 Å². The number of halogens is 1. The Morgan fingerprint density at radius 3 is 2.87 bits per heavy atom. The number of rotatable bonds is 5. The second-order valence-corrected chi connectivity index (χ2v) is 4.65. The molecule has 0 amide bonds. The summed E-state index contributed by atoms with van der Waals surface area (Å²) in [6.45, 7) is 5.23. The van der Waals surface area contributed by atoms with Crippen molar-refractivity contribution >= 4 is 15.9 Å². The fourth-order valence-corrected chi connectivity index (χ4v) is 1.86. The van der Waals surface area contributed by atoms with E-state index in [0.29, 0.717) is 5.75 Å². The van der Waals surface area contributed by atoms with Gasteiger partial charge in [-0.1, -0.05) is 29.3 Å². The predicted molar refractivity (Wildman–Crippen MR) is 67.1 cm³/mol. The molecule has 0 aromatic heterocycles. The molecule has 1 rings (SSSR count). The van der Waals surface area contributed by atoms with Gasteiger partial charge in [-0.25, -0.2) is 0 Å². The molecule has 0 bridgehead atoms. The quantitative estimate of drug-likeness (QED) is 0.802. The summed E-state index contributed by atoms with van der Waals surface area (Å²) in [6.07, 6.45) is 2.35. The zero-order valence-corrected chi connectivity index (χ0v) is 10.8. The number of phenols is 1. The summed E-state index contributed by atoms with van der Waals surface area (Å²) in [6, 6.07) is 5.71. The van der Waals surface area contributed by atoms with Crippen molar-refractivity contribution in [1.29, 1.82) is 0 Å². The first kappa shape index (κ1) is 12.5. The van der Waals surface area contributed by atoms with Crippen LogP contribution >= 0.6 is 15.9 Å². The Hall–Kier alpha value is -0.540. The van der Waals surface area contributed by atoms with E-state index >= 15 is 0 Å². The summed E-state index contributed by atoms with van der Waals surface area (Å²) >= 11 is 3.41. The van der Waals surface area contributed by atoms with Crippen LogP contribution in [0.4, 0.5) is 0 Å². The van der Waals surface area contributed by atoms with Gasteiger partial charge in [-0.15, -0.1) is 0 Å². The van der Waals surface area contributed by atoms with Gasteiger partial charge in [0.15, 0.2) is 0 Å². The summed E-state index contributed by atoms with van der Waals surface area (Å²) in [5.41, 5.74) is 0.945. The van der Waals surface area contributed by atoms with Gasteiger partial charge in [-0.3, -0.25) is 0 Å². The molecule has 1 aromatic rings. The lowest BCUT2D eigenvalue weighted by molar-refractivity contribution is 0.451. The summed E-state index contributed by atoms with van der Waals surface area (Å²) in [7, 11) is 0. The highest BCUT2D eigenvalue weighted by molar-refractivity contribution is 9.10. The zero-order chi connectivity index (χ0) is 11.3. The number of phenolic OH excluding ortho intramolecular Hbond substituents is 1. The molecule has 1 aromatic carbocycles. The van der Waals surface area contributed by atoms with E-state index in [2.05, 4.69) is 35.1 Å². The number of hydrogen-bond donors (Lipinski definition) is 2. The van der Waals surface area contributed by atoms with Gasteiger partial charge in [0.1, 0.15) is 5.75 Å². The van der Waals surface area contributed by atoms with Gasteiger partial charge in [-0.05, 0) is 38.1 Å². The lowest BCUT2D eigenvalue weighted by atomic mass is 10.1. The summed E-state index contributed by atoms with van der Waals surface area (Å²) in [4.78, 5) is 0. The van der Waals surface area contributed by atoms with Crippen LogP contribution in [0.5, 0.6) is 5.75 Å². The topological polar surface area (TPSA) is 32.3 Å². The van der Waals surface area contributed by atoms with E-state index in [1.807, 2.05) is 12.1 Å². The van der Waals surface area contributed by atoms with E-state index in [9.17, 15) is 5.11 Å². The number of nitrogens with one attached hydrogen (secondary N) is 1. The predicted octanol–water partition coefficient (Wildman–Crippen LogP) is 3.61. The Morgan fingerprint density at radius 2 is 2.20 bits per heavy atom. The van der Waals surface area contributed by atoms with Gasteiger partial charge in [0.05, 0.1) is 0 Å². The molecule has 0 saturated heterocycles. The van der Waals surface area contributed by atoms with Crippen molar-refractivity contribution < 1.29 is 5.11 Å². The molecule has 15 heavy (non-hydrogen) atoms. The molecule has 0 aliphatic rings. The van der Waals surface area contributed by atoms with Crippen LogP contribution in [0.3, 0.4) is 0 Å². The van der Waals surface area contributed by atoms with Crippen LogP contribution in [-0.2, 0) is 0 Å². The van der Waals surface area contributed by atoms with Crippen LogP contribution in [0.15, 0.2) is 22.7 Å². The van der Waals surface area contributed by atoms with Crippen molar-refractivity contribution in [1.82, 2.24) is 5.32 Å². The van der Waals surface area contributed by atoms with Crippen molar-refractivity contribution in [3.05, 3.63) is 28.2 Å². The highest BCUT2D eigenvalue weighted by Crippen LogP contribution is 2.27. The van der Waals surface area contributed by atoms with Gasteiger partial charge >= 0.3 is 0 Å². The molecule has 3 heteroatoms.